The van der Waals surface area contributed by atoms with E-state index in [1.165, 1.54) is 12.1 Å². The summed E-state index contributed by atoms with van der Waals surface area (Å²) in [5.74, 6) is -0.339. The number of halogens is 1. The van der Waals surface area contributed by atoms with Crippen molar-refractivity contribution in [2.45, 2.75) is 13.1 Å². The van der Waals surface area contributed by atoms with Crippen LogP contribution in [0.25, 0.3) is 28.0 Å². The lowest BCUT2D eigenvalue weighted by Gasteiger charge is -2.06. The van der Waals surface area contributed by atoms with Gasteiger partial charge in [0.25, 0.3) is 5.56 Å². The van der Waals surface area contributed by atoms with E-state index in [1.54, 1.807) is 23.1 Å². The van der Waals surface area contributed by atoms with Gasteiger partial charge in [-0.3, -0.25) is 9.78 Å². The molecule has 0 aliphatic rings. The van der Waals surface area contributed by atoms with E-state index >= 15 is 0 Å². The second-order valence-electron chi connectivity index (χ2n) is 7.45. The molecule has 158 valence electrons. The Kier molecular flexibility index (Phi) is 5.31. The Morgan fingerprint density at radius 1 is 0.938 bits per heavy atom. The van der Waals surface area contributed by atoms with Crippen LogP contribution < -0.4 is 10.9 Å². The highest BCUT2D eigenvalue weighted by Crippen LogP contribution is 2.29. The minimum atomic E-state index is -0.339. The standard InChI is InChI=1S/C25H20FN5O/c26-20-6-4-5-18(13-20)23-22-14-19(16-28-15-17-9-11-27-12-10-17)25(32)29-24(22)31(30-23)21-7-2-1-3-8-21/h1-14,28H,15-16H2,(H,29,32). The van der Waals surface area contributed by atoms with Crippen LogP contribution in [0.4, 0.5) is 4.39 Å². The van der Waals surface area contributed by atoms with Crippen LogP contribution in [0.2, 0.25) is 0 Å². The van der Waals surface area contributed by atoms with Crippen molar-refractivity contribution in [1.82, 2.24) is 25.1 Å². The van der Waals surface area contributed by atoms with E-state index < -0.39 is 0 Å². The average molecular weight is 425 g/mol. The van der Waals surface area contributed by atoms with Gasteiger partial charge in [-0.1, -0.05) is 30.3 Å². The first-order valence-corrected chi connectivity index (χ1v) is 10.2. The lowest BCUT2D eigenvalue weighted by Crippen LogP contribution is -2.21. The number of fused-ring (bicyclic) bond motifs is 1. The van der Waals surface area contributed by atoms with Crippen molar-refractivity contribution in [2.75, 3.05) is 0 Å². The topological polar surface area (TPSA) is 75.6 Å². The van der Waals surface area contributed by atoms with Gasteiger partial charge in [0.15, 0.2) is 0 Å². The molecule has 3 aromatic heterocycles. The van der Waals surface area contributed by atoms with Crippen molar-refractivity contribution in [2.24, 2.45) is 0 Å². The predicted octanol–water partition coefficient (Wildman–Crippen LogP) is 4.20. The Labute approximate surface area is 183 Å². The zero-order valence-corrected chi connectivity index (χ0v) is 17.1. The number of benzene rings is 2. The summed E-state index contributed by atoms with van der Waals surface area (Å²) in [6.07, 6.45) is 3.47. The van der Waals surface area contributed by atoms with Gasteiger partial charge in [0.1, 0.15) is 17.2 Å². The van der Waals surface area contributed by atoms with E-state index in [2.05, 4.69) is 15.3 Å². The SMILES string of the molecule is O=c1[nH]c2c(cc1CNCc1ccncc1)c(-c1cccc(F)c1)nn2-c1ccccc1. The molecule has 0 spiro atoms. The molecule has 0 atom stereocenters. The number of H-pyrrole nitrogens is 1. The lowest BCUT2D eigenvalue weighted by molar-refractivity contribution is 0.628. The second-order valence-corrected chi connectivity index (χ2v) is 7.45. The van der Waals surface area contributed by atoms with Crippen LogP contribution in [0.5, 0.6) is 0 Å². The number of hydrogen-bond acceptors (Lipinski definition) is 4. The Morgan fingerprint density at radius 3 is 2.53 bits per heavy atom. The largest absolute Gasteiger partial charge is 0.308 e. The molecule has 0 amide bonds. The highest BCUT2D eigenvalue weighted by Gasteiger charge is 2.17. The zero-order chi connectivity index (χ0) is 21.9. The molecule has 2 aromatic carbocycles. The summed E-state index contributed by atoms with van der Waals surface area (Å²) in [7, 11) is 0. The molecule has 0 saturated heterocycles. The number of aromatic amines is 1. The van der Waals surface area contributed by atoms with E-state index in [-0.39, 0.29) is 11.4 Å². The average Bonchev–Trinajstić information content (AvgIpc) is 3.19. The Balaban J connectivity index is 1.58. The molecule has 0 radical (unpaired) electrons. The van der Waals surface area contributed by atoms with Crippen molar-refractivity contribution in [1.29, 1.82) is 0 Å². The predicted molar refractivity (Wildman–Crippen MR) is 122 cm³/mol. The van der Waals surface area contributed by atoms with Crippen molar-refractivity contribution in [3.05, 3.63) is 112 Å². The highest BCUT2D eigenvalue weighted by molar-refractivity contribution is 5.92. The molecule has 32 heavy (non-hydrogen) atoms. The zero-order valence-electron chi connectivity index (χ0n) is 17.1. The fraction of sp³-hybridized carbons (Fsp3) is 0.0800. The first-order chi connectivity index (χ1) is 15.7. The van der Waals surface area contributed by atoms with Crippen LogP contribution in [0.15, 0.2) is 90.0 Å². The van der Waals surface area contributed by atoms with Crippen molar-refractivity contribution < 1.29 is 4.39 Å². The van der Waals surface area contributed by atoms with Crippen molar-refractivity contribution in [3.8, 4) is 16.9 Å². The van der Waals surface area contributed by atoms with Crippen LogP contribution in [0.3, 0.4) is 0 Å². The summed E-state index contributed by atoms with van der Waals surface area (Å²) in [6.45, 7) is 0.993. The number of hydrogen-bond donors (Lipinski definition) is 2. The summed E-state index contributed by atoms with van der Waals surface area (Å²) < 4.78 is 15.6. The molecule has 0 aliphatic carbocycles. The molecule has 0 bridgehead atoms. The van der Waals surface area contributed by atoms with Gasteiger partial charge in [0.2, 0.25) is 0 Å². The quantitative estimate of drug-likeness (QED) is 0.427. The van der Waals surface area contributed by atoms with E-state index in [4.69, 9.17) is 5.10 Å². The number of para-hydroxylation sites is 1. The number of aromatic nitrogens is 4. The van der Waals surface area contributed by atoms with Gasteiger partial charge in [-0.05, 0) is 48.0 Å². The van der Waals surface area contributed by atoms with Gasteiger partial charge < -0.3 is 10.3 Å². The maximum absolute atomic E-state index is 13.9. The molecular weight excluding hydrogens is 405 g/mol. The van der Waals surface area contributed by atoms with Crippen molar-refractivity contribution >= 4 is 11.0 Å². The summed E-state index contributed by atoms with van der Waals surface area (Å²) >= 11 is 0. The molecule has 0 saturated carbocycles. The summed E-state index contributed by atoms with van der Waals surface area (Å²) in [4.78, 5) is 19.8. The second kappa shape index (κ2) is 8.56. The van der Waals surface area contributed by atoms with Crippen LogP contribution >= 0.6 is 0 Å². The summed E-state index contributed by atoms with van der Waals surface area (Å²) in [5, 5.41) is 8.78. The Morgan fingerprint density at radius 2 is 1.75 bits per heavy atom. The fourth-order valence-electron chi connectivity index (χ4n) is 3.69. The number of pyridine rings is 2. The maximum Gasteiger partial charge on any atom is 0.254 e. The molecule has 0 unspecified atom stereocenters. The Hall–Kier alpha value is -4.10. The van der Waals surface area contributed by atoms with Gasteiger partial charge >= 0.3 is 0 Å². The number of nitrogens with one attached hydrogen (secondary N) is 2. The Bertz CT molecular complexity index is 1430. The molecule has 7 heteroatoms. The monoisotopic (exact) mass is 425 g/mol. The number of nitrogens with zero attached hydrogens (tertiary/aromatic N) is 3. The molecule has 5 aromatic rings. The van der Waals surface area contributed by atoms with Crippen LogP contribution in [0.1, 0.15) is 11.1 Å². The first kappa shape index (κ1) is 19.8. The van der Waals surface area contributed by atoms with E-state index in [9.17, 15) is 9.18 Å². The molecule has 2 N–H and O–H groups in total. The van der Waals surface area contributed by atoms with E-state index in [0.717, 1.165) is 16.6 Å². The van der Waals surface area contributed by atoms with Gasteiger partial charge in [-0.25, -0.2) is 9.07 Å². The molecule has 0 aliphatic heterocycles. The molecule has 5 rings (SSSR count). The summed E-state index contributed by atoms with van der Waals surface area (Å²) in [6, 6.07) is 21.5. The first-order valence-electron chi connectivity index (χ1n) is 10.2. The van der Waals surface area contributed by atoms with Crippen molar-refractivity contribution in [3.63, 3.8) is 0 Å². The minimum absolute atomic E-state index is 0.192. The van der Waals surface area contributed by atoms with E-state index in [0.29, 0.717) is 35.6 Å². The summed E-state index contributed by atoms with van der Waals surface area (Å²) in [5.41, 5.74) is 4.09. The third-order valence-corrected chi connectivity index (χ3v) is 5.26. The highest BCUT2D eigenvalue weighted by atomic mass is 19.1. The molecule has 3 heterocycles. The van der Waals surface area contributed by atoms with Gasteiger partial charge in [0, 0.05) is 42.0 Å². The van der Waals surface area contributed by atoms with Crippen LogP contribution in [0, 0.1) is 5.82 Å². The molecular formula is C25H20FN5O. The fourth-order valence-corrected chi connectivity index (χ4v) is 3.69. The van der Waals surface area contributed by atoms with Crippen LogP contribution in [-0.4, -0.2) is 19.7 Å². The molecule has 0 fully saturated rings. The van der Waals surface area contributed by atoms with Gasteiger partial charge in [-0.15, -0.1) is 0 Å². The number of rotatable bonds is 6. The van der Waals surface area contributed by atoms with Gasteiger partial charge in [-0.2, -0.15) is 5.10 Å². The van der Waals surface area contributed by atoms with Gasteiger partial charge in [0.05, 0.1) is 5.69 Å². The minimum Gasteiger partial charge on any atom is -0.308 e. The van der Waals surface area contributed by atoms with Crippen LogP contribution in [-0.2, 0) is 13.1 Å². The third kappa shape index (κ3) is 3.93. The maximum atomic E-state index is 13.9. The molecule has 6 nitrogen and oxygen atoms in total. The third-order valence-electron chi connectivity index (χ3n) is 5.26. The van der Waals surface area contributed by atoms with E-state index in [1.807, 2.05) is 54.6 Å². The smallest absolute Gasteiger partial charge is 0.254 e. The lowest BCUT2D eigenvalue weighted by atomic mass is 10.1. The normalized spacial score (nSPS) is 11.2.